The fourth-order valence-corrected chi connectivity index (χ4v) is 3.63. The van der Waals surface area contributed by atoms with Gasteiger partial charge in [-0.2, -0.15) is 0 Å². The number of carbonyl (C=O) groups excluding carboxylic acids is 2. The van der Waals surface area contributed by atoms with Gasteiger partial charge in [0.2, 0.25) is 5.91 Å². The van der Waals surface area contributed by atoms with Crippen LogP contribution in [-0.2, 0) is 16.0 Å². The number of amides is 1. The van der Waals surface area contributed by atoms with Crippen molar-refractivity contribution < 1.29 is 14.3 Å². The summed E-state index contributed by atoms with van der Waals surface area (Å²) < 4.78 is 4.96. The third-order valence-electron chi connectivity index (χ3n) is 4.94. The van der Waals surface area contributed by atoms with Crippen LogP contribution < -0.4 is 5.32 Å². The average Bonchev–Trinajstić information content (AvgIpc) is 2.68. The quantitative estimate of drug-likeness (QED) is 0.790. The largest absolute Gasteiger partial charge is 0.462 e. The molecule has 5 heteroatoms. The Hall–Kier alpha value is -2.66. The van der Waals surface area contributed by atoms with Gasteiger partial charge < -0.3 is 10.1 Å². The molecule has 1 N–H and O–H groups in total. The van der Waals surface area contributed by atoms with E-state index in [1.54, 1.807) is 31.2 Å². The zero-order chi connectivity index (χ0) is 19.2. The van der Waals surface area contributed by atoms with Gasteiger partial charge in [0.05, 0.1) is 18.7 Å². The summed E-state index contributed by atoms with van der Waals surface area (Å²) in [7, 11) is 2.00. The van der Waals surface area contributed by atoms with Gasteiger partial charge in [-0.05, 0) is 68.6 Å². The molecule has 142 valence electrons. The number of esters is 1. The number of hydrogen-bond acceptors (Lipinski definition) is 4. The number of hydrogen-bond donors (Lipinski definition) is 1. The summed E-state index contributed by atoms with van der Waals surface area (Å²) in [5.74, 6) is -0.421. The van der Waals surface area contributed by atoms with Gasteiger partial charge in [-0.1, -0.05) is 24.3 Å². The molecular weight excluding hydrogens is 340 g/mol. The van der Waals surface area contributed by atoms with E-state index in [4.69, 9.17) is 4.74 Å². The van der Waals surface area contributed by atoms with Gasteiger partial charge in [0, 0.05) is 11.7 Å². The van der Waals surface area contributed by atoms with Crippen LogP contribution in [0.2, 0.25) is 0 Å². The van der Waals surface area contributed by atoms with E-state index < -0.39 is 0 Å². The molecule has 2 aromatic rings. The van der Waals surface area contributed by atoms with E-state index in [-0.39, 0.29) is 17.9 Å². The minimum Gasteiger partial charge on any atom is -0.462 e. The first-order valence-electron chi connectivity index (χ1n) is 9.43. The zero-order valence-corrected chi connectivity index (χ0v) is 15.9. The number of nitrogens with one attached hydrogen (secondary N) is 1. The Morgan fingerprint density at radius 3 is 2.63 bits per heavy atom. The number of benzene rings is 2. The average molecular weight is 366 g/mol. The van der Waals surface area contributed by atoms with Gasteiger partial charge in [0.25, 0.3) is 0 Å². The molecule has 27 heavy (non-hydrogen) atoms. The summed E-state index contributed by atoms with van der Waals surface area (Å²) in [6.45, 7) is 2.43. The molecule has 0 bridgehead atoms. The summed E-state index contributed by atoms with van der Waals surface area (Å²) >= 11 is 0. The lowest BCUT2D eigenvalue weighted by Gasteiger charge is -2.32. The third kappa shape index (κ3) is 4.74. The molecule has 3 rings (SSSR count). The van der Waals surface area contributed by atoms with Crippen molar-refractivity contribution >= 4 is 17.6 Å². The van der Waals surface area contributed by atoms with Crippen LogP contribution in [0.15, 0.2) is 48.5 Å². The first-order valence-corrected chi connectivity index (χ1v) is 9.43. The van der Waals surface area contributed by atoms with Crippen molar-refractivity contribution in [3.05, 3.63) is 65.2 Å². The summed E-state index contributed by atoms with van der Waals surface area (Å²) in [4.78, 5) is 26.2. The molecule has 0 fully saturated rings. The van der Waals surface area contributed by atoms with E-state index in [9.17, 15) is 9.59 Å². The predicted octanol–water partition coefficient (Wildman–Crippen LogP) is 3.81. The van der Waals surface area contributed by atoms with E-state index in [1.807, 2.05) is 7.05 Å². The lowest BCUT2D eigenvalue weighted by atomic mass is 9.87. The summed E-state index contributed by atoms with van der Waals surface area (Å²) in [5.41, 5.74) is 3.87. The van der Waals surface area contributed by atoms with Crippen LogP contribution in [0.5, 0.6) is 0 Å². The maximum atomic E-state index is 12.5. The van der Waals surface area contributed by atoms with Crippen LogP contribution in [0.3, 0.4) is 0 Å². The molecule has 1 aliphatic rings. The molecule has 0 saturated heterocycles. The fraction of sp³-hybridized carbons (Fsp3) is 0.364. The van der Waals surface area contributed by atoms with Crippen molar-refractivity contribution in [2.45, 2.75) is 32.2 Å². The Morgan fingerprint density at radius 1 is 1.15 bits per heavy atom. The van der Waals surface area contributed by atoms with Crippen molar-refractivity contribution in [3.8, 4) is 0 Å². The topological polar surface area (TPSA) is 58.6 Å². The second-order valence-electron chi connectivity index (χ2n) is 6.87. The summed E-state index contributed by atoms with van der Waals surface area (Å²) in [6, 6.07) is 15.5. The van der Waals surface area contributed by atoms with E-state index >= 15 is 0 Å². The number of carbonyl (C=O) groups is 2. The number of fused-ring (bicyclic) bond motifs is 1. The van der Waals surface area contributed by atoms with Crippen molar-refractivity contribution in [3.63, 3.8) is 0 Å². The van der Waals surface area contributed by atoms with Gasteiger partial charge in [-0.25, -0.2) is 4.79 Å². The van der Waals surface area contributed by atoms with Gasteiger partial charge >= 0.3 is 5.97 Å². The highest BCUT2D eigenvalue weighted by Gasteiger charge is 2.24. The number of nitrogens with zero attached hydrogens (tertiary/aromatic N) is 1. The second-order valence-corrected chi connectivity index (χ2v) is 6.87. The molecular formula is C22H26N2O3. The summed E-state index contributed by atoms with van der Waals surface area (Å²) in [5, 5.41) is 2.90. The maximum absolute atomic E-state index is 12.5. The smallest absolute Gasteiger partial charge is 0.338 e. The highest BCUT2D eigenvalue weighted by molar-refractivity contribution is 5.94. The molecule has 1 aliphatic carbocycles. The molecule has 0 heterocycles. The maximum Gasteiger partial charge on any atom is 0.338 e. The van der Waals surface area contributed by atoms with Crippen molar-refractivity contribution in [1.82, 2.24) is 4.90 Å². The predicted molar refractivity (Wildman–Crippen MR) is 106 cm³/mol. The number of anilines is 1. The van der Waals surface area contributed by atoms with Gasteiger partial charge in [0.1, 0.15) is 0 Å². The van der Waals surface area contributed by atoms with Gasteiger partial charge in [-0.3, -0.25) is 9.69 Å². The van der Waals surface area contributed by atoms with Gasteiger partial charge in [-0.15, -0.1) is 0 Å². The molecule has 0 spiro atoms. The Kier molecular flexibility index (Phi) is 6.24. The van der Waals surface area contributed by atoms with Gasteiger partial charge in [0.15, 0.2) is 0 Å². The van der Waals surface area contributed by atoms with Crippen LogP contribution in [-0.4, -0.2) is 37.0 Å². The Balaban J connectivity index is 1.59. The molecule has 0 aliphatic heterocycles. The number of likely N-dealkylation sites (N-methyl/N-ethyl adjacent to an activating group) is 1. The van der Waals surface area contributed by atoms with Crippen LogP contribution in [0, 0.1) is 0 Å². The van der Waals surface area contributed by atoms with Crippen LogP contribution in [0.1, 0.15) is 47.3 Å². The van der Waals surface area contributed by atoms with E-state index in [0.29, 0.717) is 24.4 Å². The Morgan fingerprint density at radius 2 is 1.89 bits per heavy atom. The third-order valence-corrected chi connectivity index (χ3v) is 4.94. The van der Waals surface area contributed by atoms with Crippen molar-refractivity contribution in [2.75, 3.05) is 25.5 Å². The molecule has 1 atom stereocenters. The minimum absolute atomic E-state index is 0.0653. The minimum atomic E-state index is -0.355. The highest BCUT2D eigenvalue weighted by atomic mass is 16.5. The van der Waals surface area contributed by atoms with E-state index in [0.717, 1.165) is 19.3 Å². The number of ether oxygens (including phenoxy) is 1. The molecule has 0 saturated carbocycles. The summed E-state index contributed by atoms with van der Waals surface area (Å²) in [6.07, 6.45) is 3.32. The Bertz CT molecular complexity index is 801. The monoisotopic (exact) mass is 366 g/mol. The first-order chi connectivity index (χ1) is 13.1. The van der Waals surface area contributed by atoms with E-state index in [1.165, 1.54) is 11.1 Å². The zero-order valence-electron chi connectivity index (χ0n) is 15.9. The van der Waals surface area contributed by atoms with Crippen LogP contribution in [0.25, 0.3) is 0 Å². The molecule has 2 aromatic carbocycles. The Labute approximate surface area is 160 Å². The number of aryl methyl sites for hydroxylation is 1. The van der Waals surface area contributed by atoms with E-state index in [2.05, 4.69) is 34.5 Å². The SMILES string of the molecule is CCOC(=O)c1ccc(NC(=O)CN(C)[C@H]2CCCc3ccccc32)cc1. The van der Waals surface area contributed by atoms with Crippen LogP contribution >= 0.6 is 0 Å². The normalized spacial score (nSPS) is 15.9. The number of rotatable bonds is 6. The lowest BCUT2D eigenvalue weighted by Crippen LogP contribution is -2.34. The molecule has 0 radical (unpaired) electrons. The van der Waals surface area contributed by atoms with Crippen LogP contribution in [0.4, 0.5) is 5.69 Å². The molecule has 0 unspecified atom stereocenters. The second kappa shape index (κ2) is 8.82. The molecule has 1 amide bonds. The highest BCUT2D eigenvalue weighted by Crippen LogP contribution is 2.33. The van der Waals surface area contributed by atoms with Crippen molar-refractivity contribution in [2.24, 2.45) is 0 Å². The van der Waals surface area contributed by atoms with Crippen molar-refractivity contribution in [1.29, 1.82) is 0 Å². The fourth-order valence-electron chi connectivity index (χ4n) is 3.63. The standard InChI is InChI=1S/C22H26N2O3/c1-3-27-22(26)17-11-13-18(14-12-17)23-21(25)15-24(2)20-10-6-8-16-7-4-5-9-19(16)20/h4-5,7,9,11-14,20H,3,6,8,10,15H2,1-2H3,(H,23,25)/t20-/m0/s1. The molecule has 5 nitrogen and oxygen atoms in total. The lowest BCUT2D eigenvalue weighted by molar-refractivity contribution is -0.117. The molecule has 0 aromatic heterocycles. The first kappa shape index (κ1) is 19.1.